The summed E-state index contributed by atoms with van der Waals surface area (Å²) in [6.07, 6.45) is 5.99. The molecule has 2 aliphatic heterocycles. The van der Waals surface area contributed by atoms with E-state index < -0.39 is 0 Å². The molecule has 2 saturated heterocycles. The van der Waals surface area contributed by atoms with Crippen LogP contribution in [0.15, 0.2) is 41.1 Å². The SMILES string of the molecule is Cc1ccc(C(=O)N2CCC3(CC2)C[C@H](Oc2cccnc2)CO3)o1. The Hall–Kier alpha value is -2.34. The highest BCUT2D eigenvalue weighted by molar-refractivity contribution is 5.91. The number of hydrogen-bond acceptors (Lipinski definition) is 5. The number of carbonyl (C=O) groups is 1. The van der Waals surface area contributed by atoms with E-state index in [4.69, 9.17) is 13.9 Å². The first-order chi connectivity index (χ1) is 12.1. The van der Waals surface area contributed by atoms with Gasteiger partial charge in [-0.05, 0) is 44.0 Å². The second kappa shape index (κ2) is 6.52. The Morgan fingerprint density at radius 1 is 1.32 bits per heavy atom. The number of rotatable bonds is 3. The number of ether oxygens (including phenoxy) is 2. The van der Waals surface area contributed by atoms with Gasteiger partial charge in [-0.2, -0.15) is 0 Å². The minimum atomic E-state index is -0.178. The molecule has 0 radical (unpaired) electrons. The Kier molecular flexibility index (Phi) is 4.21. The van der Waals surface area contributed by atoms with Crippen molar-refractivity contribution in [3.05, 3.63) is 48.2 Å². The average molecular weight is 342 g/mol. The van der Waals surface area contributed by atoms with Crippen molar-refractivity contribution in [3.8, 4) is 5.75 Å². The summed E-state index contributed by atoms with van der Waals surface area (Å²) in [5.74, 6) is 1.91. The first-order valence-corrected chi connectivity index (χ1v) is 8.70. The molecule has 0 aliphatic carbocycles. The number of amides is 1. The zero-order valence-corrected chi connectivity index (χ0v) is 14.3. The molecule has 2 fully saturated rings. The standard InChI is InChI=1S/C19H22N2O4/c1-14-4-5-17(24-14)18(22)21-9-6-19(7-10-21)11-16(13-23-19)25-15-3-2-8-20-12-15/h2-5,8,12,16H,6-7,9-11,13H2,1H3/t16-/m0/s1. The van der Waals surface area contributed by atoms with Crippen molar-refractivity contribution in [2.75, 3.05) is 19.7 Å². The number of pyridine rings is 1. The molecule has 6 heteroatoms. The predicted molar refractivity (Wildman–Crippen MR) is 90.5 cm³/mol. The quantitative estimate of drug-likeness (QED) is 0.858. The molecule has 2 aromatic rings. The highest BCUT2D eigenvalue weighted by Gasteiger charge is 2.44. The topological polar surface area (TPSA) is 64.8 Å². The van der Waals surface area contributed by atoms with E-state index in [2.05, 4.69) is 4.98 Å². The highest BCUT2D eigenvalue weighted by Crippen LogP contribution is 2.37. The number of nitrogens with zero attached hydrogens (tertiary/aromatic N) is 2. The average Bonchev–Trinajstić information content (AvgIpc) is 3.23. The number of aryl methyl sites for hydroxylation is 1. The van der Waals surface area contributed by atoms with E-state index in [1.165, 1.54) is 0 Å². The summed E-state index contributed by atoms with van der Waals surface area (Å²) in [7, 11) is 0. The van der Waals surface area contributed by atoms with Gasteiger partial charge in [0, 0.05) is 25.7 Å². The largest absolute Gasteiger partial charge is 0.486 e. The van der Waals surface area contributed by atoms with Crippen LogP contribution in [0, 0.1) is 6.92 Å². The molecule has 2 aromatic heterocycles. The summed E-state index contributed by atoms with van der Waals surface area (Å²) in [4.78, 5) is 18.4. The van der Waals surface area contributed by atoms with E-state index in [9.17, 15) is 4.79 Å². The van der Waals surface area contributed by atoms with Crippen LogP contribution in [0.5, 0.6) is 5.75 Å². The summed E-state index contributed by atoms with van der Waals surface area (Å²) in [6, 6.07) is 7.33. The first kappa shape index (κ1) is 16.1. The van der Waals surface area contributed by atoms with Crippen LogP contribution in [0.1, 0.15) is 35.6 Å². The Labute approximate surface area is 146 Å². The van der Waals surface area contributed by atoms with Crippen LogP contribution >= 0.6 is 0 Å². The maximum absolute atomic E-state index is 12.5. The summed E-state index contributed by atoms with van der Waals surface area (Å²) in [6.45, 7) is 3.79. The van der Waals surface area contributed by atoms with Gasteiger partial charge in [-0.15, -0.1) is 0 Å². The fourth-order valence-electron chi connectivity index (χ4n) is 3.66. The van der Waals surface area contributed by atoms with Crippen molar-refractivity contribution in [2.24, 2.45) is 0 Å². The van der Waals surface area contributed by atoms with Gasteiger partial charge < -0.3 is 18.8 Å². The van der Waals surface area contributed by atoms with Gasteiger partial charge in [-0.3, -0.25) is 9.78 Å². The van der Waals surface area contributed by atoms with Gasteiger partial charge in [0.2, 0.25) is 0 Å². The molecule has 1 amide bonds. The summed E-state index contributed by atoms with van der Waals surface area (Å²) >= 11 is 0. The third-order valence-electron chi connectivity index (χ3n) is 5.03. The minimum Gasteiger partial charge on any atom is -0.486 e. The Bertz CT molecular complexity index is 735. The van der Waals surface area contributed by atoms with Crippen molar-refractivity contribution in [2.45, 2.75) is 37.9 Å². The van der Waals surface area contributed by atoms with Crippen LogP contribution in [0.2, 0.25) is 0 Å². The lowest BCUT2D eigenvalue weighted by molar-refractivity contribution is -0.0399. The minimum absolute atomic E-state index is 0.0379. The summed E-state index contributed by atoms with van der Waals surface area (Å²) in [5, 5.41) is 0. The lowest BCUT2D eigenvalue weighted by Gasteiger charge is -2.38. The number of likely N-dealkylation sites (tertiary alicyclic amines) is 1. The Balaban J connectivity index is 1.33. The molecule has 6 nitrogen and oxygen atoms in total. The molecule has 2 aliphatic rings. The second-order valence-corrected chi connectivity index (χ2v) is 6.83. The number of carbonyl (C=O) groups excluding carboxylic acids is 1. The predicted octanol–water partition coefficient (Wildman–Crippen LogP) is 2.83. The molecule has 0 aromatic carbocycles. The van der Waals surface area contributed by atoms with Crippen molar-refractivity contribution in [1.29, 1.82) is 0 Å². The lowest BCUT2D eigenvalue weighted by Crippen LogP contribution is -2.46. The highest BCUT2D eigenvalue weighted by atomic mass is 16.6. The molecular weight excluding hydrogens is 320 g/mol. The molecule has 4 rings (SSSR count). The van der Waals surface area contributed by atoms with Gasteiger partial charge in [0.15, 0.2) is 5.76 Å². The van der Waals surface area contributed by atoms with E-state index in [1.807, 2.05) is 30.0 Å². The van der Waals surface area contributed by atoms with Gasteiger partial charge in [-0.25, -0.2) is 0 Å². The molecule has 132 valence electrons. The van der Waals surface area contributed by atoms with Gasteiger partial charge in [0.05, 0.1) is 18.4 Å². The Morgan fingerprint density at radius 3 is 2.84 bits per heavy atom. The Morgan fingerprint density at radius 2 is 2.16 bits per heavy atom. The summed E-state index contributed by atoms with van der Waals surface area (Å²) < 4.78 is 17.5. The van der Waals surface area contributed by atoms with Crippen LogP contribution in [0.4, 0.5) is 0 Å². The van der Waals surface area contributed by atoms with Crippen LogP contribution < -0.4 is 4.74 Å². The van der Waals surface area contributed by atoms with E-state index in [0.717, 1.165) is 30.8 Å². The molecule has 0 N–H and O–H groups in total. The number of furan rings is 1. The molecule has 4 heterocycles. The molecule has 25 heavy (non-hydrogen) atoms. The van der Waals surface area contributed by atoms with E-state index in [0.29, 0.717) is 25.5 Å². The third kappa shape index (κ3) is 3.39. The molecular formula is C19H22N2O4. The first-order valence-electron chi connectivity index (χ1n) is 8.70. The normalized spacial score (nSPS) is 22.3. The lowest BCUT2D eigenvalue weighted by atomic mass is 9.88. The maximum atomic E-state index is 12.5. The van der Waals surface area contributed by atoms with Crippen LogP contribution in [-0.4, -0.2) is 47.2 Å². The maximum Gasteiger partial charge on any atom is 0.289 e. The van der Waals surface area contributed by atoms with Crippen molar-refractivity contribution >= 4 is 5.91 Å². The zero-order valence-electron chi connectivity index (χ0n) is 14.3. The molecule has 1 atom stereocenters. The van der Waals surface area contributed by atoms with E-state index >= 15 is 0 Å². The third-order valence-corrected chi connectivity index (χ3v) is 5.03. The fourth-order valence-corrected chi connectivity index (χ4v) is 3.66. The second-order valence-electron chi connectivity index (χ2n) is 6.83. The smallest absolute Gasteiger partial charge is 0.289 e. The van der Waals surface area contributed by atoms with E-state index in [-0.39, 0.29) is 17.6 Å². The van der Waals surface area contributed by atoms with Crippen molar-refractivity contribution in [1.82, 2.24) is 9.88 Å². The molecule has 0 unspecified atom stereocenters. The monoisotopic (exact) mass is 342 g/mol. The van der Waals surface area contributed by atoms with Gasteiger partial charge in [-0.1, -0.05) is 0 Å². The van der Waals surface area contributed by atoms with Crippen LogP contribution in [0.3, 0.4) is 0 Å². The summed E-state index contributed by atoms with van der Waals surface area (Å²) in [5.41, 5.74) is -0.178. The fraction of sp³-hybridized carbons (Fsp3) is 0.474. The molecule has 0 saturated carbocycles. The van der Waals surface area contributed by atoms with E-state index in [1.54, 1.807) is 18.5 Å². The van der Waals surface area contributed by atoms with Crippen molar-refractivity contribution in [3.63, 3.8) is 0 Å². The van der Waals surface area contributed by atoms with Gasteiger partial charge >= 0.3 is 0 Å². The van der Waals surface area contributed by atoms with Gasteiger partial charge in [0.25, 0.3) is 5.91 Å². The van der Waals surface area contributed by atoms with Crippen molar-refractivity contribution < 1.29 is 18.7 Å². The molecule has 0 bridgehead atoms. The van der Waals surface area contributed by atoms with Crippen LogP contribution in [-0.2, 0) is 4.74 Å². The number of aromatic nitrogens is 1. The van der Waals surface area contributed by atoms with Crippen LogP contribution in [0.25, 0.3) is 0 Å². The number of piperidine rings is 1. The molecule has 1 spiro atoms. The number of hydrogen-bond donors (Lipinski definition) is 0. The van der Waals surface area contributed by atoms with Gasteiger partial charge in [0.1, 0.15) is 17.6 Å². The zero-order chi connectivity index (χ0) is 17.3.